The van der Waals surface area contributed by atoms with Gasteiger partial charge in [0.05, 0.1) is 16.7 Å². The molecule has 0 spiro atoms. The summed E-state index contributed by atoms with van der Waals surface area (Å²) in [5.41, 5.74) is 0.906. The largest absolute Gasteiger partial charge is 0.369 e. The minimum Gasteiger partial charge on any atom is -0.369 e. The standard InChI is InChI=1S/C28H34ClN7O2S/c29-23-10-12-24(13-11-23)39(37,38)33-19-22-8-6-21(7-9-22)18-32-28-34-26-5-2-1-4-25(26)27(35-28)31-14-3-16-36-17-15-30-20-36/h1-2,4-5,10-13,15,17,20-22,33H,3,6-9,14,16,18-19H2,(H2,31,32,34,35). The monoisotopic (exact) mass is 567 g/mol. The lowest BCUT2D eigenvalue weighted by Crippen LogP contribution is -2.32. The molecule has 1 fully saturated rings. The average Bonchev–Trinajstić information content (AvgIpc) is 3.47. The highest BCUT2D eigenvalue weighted by molar-refractivity contribution is 7.89. The van der Waals surface area contributed by atoms with Crippen molar-refractivity contribution < 1.29 is 8.42 Å². The highest BCUT2D eigenvalue weighted by Crippen LogP contribution is 2.29. The first-order valence-electron chi connectivity index (χ1n) is 13.4. The van der Waals surface area contributed by atoms with Gasteiger partial charge in [-0.1, -0.05) is 23.7 Å². The third-order valence-corrected chi connectivity index (χ3v) is 8.94. The zero-order valence-electron chi connectivity index (χ0n) is 21.8. The van der Waals surface area contributed by atoms with Gasteiger partial charge in [0, 0.05) is 49.0 Å². The first-order chi connectivity index (χ1) is 19.0. The summed E-state index contributed by atoms with van der Waals surface area (Å²) in [4.78, 5) is 13.9. The quantitative estimate of drug-likeness (QED) is 0.202. The molecule has 1 aliphatic carbocycles. The highest BCUT2D eigenvalue weighted by Gasteiger charge is 2.23. The Morgan fingerprint density at radius 1 is 0.923 bits per heavy atom. The van der Waals surface area contributed by atoms with Crippen LogP contribution in [-0.4, -0.2) is 47.6 Å². The number of rotatable bonds is 12. The fraction of sp³-hybridized carbons (Fsp3) is 0.393. The second kappa shape index (κ2) is 12.8. The Bertz CT molecular complexity index is 1460. The third kappa shape index (κ3) is 7.46. The van der Waals surface area contributed by atoms with Crippen LogP contribution in [0.25, 0.3) is 10.9 Å². The number of fused-ring (bicyclic) bond motifs is 1. The van der Waals surface area contributed by atoms with Crippen molar-refractivity contribution in [2.75, 3.05) is 30.3 Å². The molecule has 5 rings (SSSR count). The number of nitrogens with one attached hydrogen (secondary N) is 3. The summed E-state index contributed by atoms with van der Waals surface area (Å²) in [7, 11) is -3.53. The number of benzene rings is 2. The molecule has 0 bridgehead atoms. The van der Waals surface area contributed by atoms with Crippen molar-refractivity contribution in [3.8, 4) is 0 Å². The van der Waals surface area contributed by atoms with Gasteiger partial charge in [-0.15, -0.1) is 0 Å². The summed E-state index contributed by atoms with van der Waals surface area (Å²) in [5.74, 6) is 2.29. The smallest absolute Gasteiger partial charge is 0.240 e. The number of hydrogen-bond acceptors (Lipinski definition) is 7. The van der Waals surface area contributed by atoms with Crippen LogP contribution in [0, 0.1) is 11.8 Å². The predicted molar refractivity (Wildman–Crippen MR) is 155 cm³/mol. The third-order valence-electron chi connectivity index (χ3n) is 7.25. The molecule has 1 saturated carbocycles. The molecule has 2 aromatic carbocycles. The minimum atomic E-state index is -3.53. The molecule has 0 atom stereocenters. The summed E-state index contributed by atoms with van der Waals surface area (Å²) in [6.45, 7) is 2.94. The molecule has 0 amide bonds. The molecule has 4 aromatic rings. The Hall–Kier alpha value is -3.21. The van der Waals surface area contributed by atoms with Gasteiger partial charge in [0.2, 0.25) is 16.0 Å². The van der Waals surface area contributed by atoms with Crippen LogP contribution in [0.3, 0.4) is 0 Å². The van der Waals surface area contributed by atoms with Crippen LogP contribution in [0.5, 0.6) is 0 Å². The van der Waals surface area contributed by atoms with Gasteiger partial charge in [-0.2, -0.15) is 4.98 Å². The number of hydrogen-bond donors (Lipinski definition) is 3. The SMILES string of the molecule is O=S(=O)(NCC1CCC(CNc2nc(NCCCn3ccnc3)c3ccccc3n2)CC1)c1ccc(Cl)cc1. The van der Waals surface area contributed by atoms with Gasteiger partial charge < -0.3 is 15.2 Å². The van der Waals surface area contributed by atoms with E-state index in [1.807, 2.05) is 36.8 Å². The van der Waals surface area contributed by atoms with E-state index in [1.54, 1.807) is 18.3 Å². The maximum Gasteiger partial charge on any atom is 0.240 e. The Morgan fingerprint density at radius 3 is 2.41 bits per heavy atom. The van der Waals surface area contributed by atoms with Gasteiger partial charge in [0.1, 0.15) is 5.82 Å². The topological polar surface area (TPSA) is 114 Å². The van der Waals surface area contributed by atoms with Crippen LogP contribution in [-0.2, 0) is 16.6 Å². The Labute approximate surface area is 234 Å². The van der Waals surface area contributed by atoms with Crippen LogP contribution < -0.4 is 15.4 Å². The Morgan fingerprint density at radius 2 is 1.67 bits per heavy atom. The Kier molecular flexibility index (Phi) is 8.95. The van der Waals surface area contributed by atoms with E-state index in [1.165, 1.54) is 12.1 Å². The number of halogens is 1. The fourth-order valence-electron chi connectivity index (χ4n) is 4.98. The van der Waals surface area contributed by atoms with Crippen molar-refractivity contribution in [1.82, 2.24) is 24.2 Å². The molecule has 0 radical (unpaired) electrons. The van der Waals surface area contributed by atoms with Crippen LogP contribution >= 0.6 is 11.6 Å². The molecule has 39 heavy (non-hydrogen) atoms. The fourth-order valence-corrected chi connectivity index (χ4v) is 6.22. The molecular weight excluding hydrogens is 534 g/mol. The van der Waals surface area contributed by atoms with E-state index in [9.17, 15) is 8.42 Å². The first-order valence-corrected chi connectivity index (χ1v) is 15.3. The van der Waals surface area contributed by atoms with Crippen molar-refractivity contribution in [3.05, 3.63) is 72.3 Å². The lowest BCUT2D eigenvalue weighted by molar-refractivity contribution is 0.284. The molecule has 206 valence electrons. The minimum absolute atomic E-state index is 0.243. The van der Waals surface area contributed by atoms with Gasteiger partial charge in [-0.05, 0) is 80.3 Å². The molecule has 0 aliphatic heterocycles. The zero-order valence-corrected chi connectivity index (χ0v) is 23.3. The maximum atomic E-state index is 12.6. The summed E-state index contributed by atoms with van der Waals surface area (Å²) >= 11 is 5.88. The van der Waals surface area contributed by atoms with Gasteiger partial charge in [0.25, 0.3) is 0 Å². The molecule has 3 N–H and O–H groups in total. The van der Waals surface area contributed by atoms with E-state index in [0.717, 1.165) is 68.5 Å². The van der Waals surface area contributed by atoms with Gasteiger partial charge in [0.15, 0.2) is 0 Å². The number of imidazole rings is 1. The average molecular weight is 568 g/mol. The number of aromatic nitrogens is 4. The van der Waals surface area contributed by atoms with Crippen LogP contribution in [0.1, 0.15) is 32.1 Å². The first kappa shape index (κ1) is 27.4. The van der Waals surface area contributed by atoms with E-state index < -0.39 is 10.0 Å². The van der Waals surface area contributed by atoms with Crippen LogP contribution in [0.2, 0.25) is 5.02 Å². The number of para-hydroxylation sites is 1. The summed E-state index contributed by atoms with van der Waals surface area (Å²) in [6, 6.07) is 14.3. The van der Waals surface area contributed by atoms with Crippen molar-refractivity contribution in [3.63, 3.8) is 0 Å². The molecule has 1 aliphatic rings. The number of sulfonamides is 1. The summed E-state index contributed by atoms with van der Waals surface area (Å²) in [5, 5.41) is 8.47. The van der Waals surface area contributed by atoms with E-state index in [0.29, 0.717) is 29.4 Å². The van der Waals surface area contributed by atoms with Crippen LogP contribution in [0.15, 0.2) is 72.1 Å². The van der Waals surface area contributed by atoms with Gasteiger partial charge in [-0.3, -0.25) is 0 Å². The molecule has 9 nitrogen and oxygen atoms in total. The maximum absolute atomic E-state index is 12.6. The summed E-state index contributed by atoms with van der Waals surface area (Å²) in [6.07, 6.45) is 10.6. The summed E-state index contributed by atoms with van der Waals surface area (Å²) < 4.78 is 30.0. The number of nitrogens with zero attached hydrogens (tertiary/aromatic N) is 4. The van der Waals surface area contributed by atoms with E-state index in [2.05, 4.69) is 24.9 Å². The number of aryl methyl sites for hydroxylation is 1. The van der Waals surface area contributed by atoms with Crippen molar-refractivity contribution in [2.24, 2.45) is 11.8 Å². The molecule has 0 unspecified atom stereocenters. The normalized spacial score (nSPS) is 17.8. The zero-order chi connectivity index (χ0) is 27.1. The number of anilines is 2. The van der Waals surface area contributed by atoms with Gasteiger partial charge >= 0.3 is 0 Å². The molecular formula is C28H34ClN7O2S. The van der Waals surface area contributed by atoms with Crippen molar-refractivity contribution in [2.45, 2.75) is 43.5 Å². The molecule has 2 aromatic heterocycles. The van der Waals surface area contributed by atoms with Crippen LogP contribution in [0.4, 0.5) is 11.8 Å². The molecule has 11 heteroatoms. The second-order valence-corrected chi connectivity index (χ2v) is 12.3. The van der Waals surface area contributed by atoms with E-state index in [4.69, 9.17) is 21.6 Å². The van der Waals surface area contributed by atoms with Gasteiger partial charge in [-0.25, -0.2) is 23.1 Å². The van der Waals surface area contributed by atoms with E-state index >= 15 is 0 Å². The lowest BCUT2D eigenvalue weighted by atomic mass is 9.82. The highest BCUT2D eigenvalue weighted by atomic mass is 35.5. The molecule has 0 saturated heterocycles. The van der Waals surface area contributed by atoms with Crippen molar-refractivity contribution in [1.29, 1.82) is 0 Å². The van der Waals surface area contributed by atoms with E-state index in [-0.39, 0.29) is 4.90 Å². The Balaban J connectivity index is 1.10. The molecule has 2 heterocycles. The predicted octanol–water partition coefficient (Wildman–Crippen LogP) is 5.18. The van der Waals surface area contributed by atoms with Crippen molar-refractivity contribution >= 4 is 44.3 Å². The lowest BCUT2D eigenvalue weighted by Gasteiger charge is -2.28. The second-order valence-electron chi connectivity index (χ2n) is 10.1.